The van der Waals surface area contributed by atoms with Gasteiger partial charge in [-0.3, -0.25) is 4.79 Å². The third-order valence-electron chi connectivity index (χ3n) is 5.19. The molecule has 0 bridgehead atoms. The molecule has 1 atom stereocenters. The second-order valence-corrected chi connectivity index (χ2v) is 8.78. The average molecular weight is 422 g/mol. The van der Waals surface area contributed by atoms with E-state index in [2.05, 4.69) is 36.5 Å². The van der Waals surface area contributed by atoms with Crippen molar-refractivity contribution < 1.29 is 14.7 Å². The summed E-state index contributed by atoms with van der Waals surface area (Å²) in [5.74, 6) is -0.824. The second-order valence-electron chi connectivity index (χ2n) is 8.78. The number of carboxylic acids is 1. The van der Waals surface area contributed by atoms with Crippen molar-refractivity contribution in [3.05, 3.63) is 24.3 Å². The van der Waals surface area contributed by atoms with Crippen LogP contribution in [-0.2, 0) is 9.59 Å². The zero-order chi connectivity index (χ0) is 22.5. The fourth-order valence-corrected chi connectivity index (χ4v) is 3.41. The number of aliphatic carboxylic acids is 1. The lowest BCUT2D eigenvalue weighted by Crippen LogP contribution is -2.41. The van der Waals surface area contributed by atoms with Crippen LogP contribution in [0.2, 0.25) is 0 Å². The first-order valence-corrected chi connectivity index (χ1v) is 12.3. The molecule has 0 saturated carbocycles. The molecule has 2 N–H and O–H groups in total. The van der Waals surface area contributed by atoms with Gasteiger partial charge in [0.25, 0.3) is 0 Å². The predicted octanol–water partition coefficient (Wildman–Crippen LogP) is 7.20. The summed E-state index contributed by atoms with van der Waals surface area (Å²) in [6, 6.07) is -0.756. The monoisotopic (exact) mass is 421 g/mol. The van der Waals surface area contributed by atoms with E-state index >= 15 is 0 Å². The fourth-order valence-electron chi connectivity index (χ4n) is 3.41. The first-order valence-electron chi connectivity index (χ1n) is 12.3. The molecule has 1 amide bonds. The SMILES string of the molecule is CCCCC/C=C\C/C=C\CCCCCCCCCC(=O)N[C@@H](CC(C)C)C(=O)O. The van der Waals surface area contributed by atoms with Crippen LogP contribution in [0, 0.1) is 5.92 Å². The zero-order valence-corrected chi connectivity index (χ0v) is 19.8. The topological polar surface area (TPSA) is 66.4 Å². The summed E-state index contributed by atoms with van der Waals surface area (Å²) in [4.78, 5) is 23.1. The Morgan fingerprint density at radius 1 is 0.800 bits per heavy atom. The molecule has 0 fully saturated rings. The minimum Gasteiger partial charge on any atom is -0.480 e. The van der Waals surface area contributed by atoms with E-state index in [4.69, 9.17) is 5.11 Å². The number of amides is 1. The van der Waals surface area contributed by atoms with E-state index in [1.54, 1.807) is 0 Å². The smallest absolute Gasteiger partial charge is 0.326 e. The predicted molar refractivity (Wildman–Crippen MR) is 128 cm³/mol. The fraction of sp³-hybridized carbons (Fsp3) is 0.769. The molecule has 0 aromatic rings. The highest BCUT2D eigenvalue weighted by atomic mass is 16.4. The van der Waals surface area contributed by atoms with E-state index in [0.29, 0.717) is 12.8 Å². The number of allylic oxidation sites excluding steroid dienone is 4. The number of rotatable bonds is 20. The van der Waals surface area contributed by atoms with E-state index in [9.17, 15) is 9.59 Å². The molecule has 0 aliphatic heterocycles. The average Bonchev–Trinajstić information content (AvgIpc) is 2.69. The second kappa shape index (κ2) is 20.7. The molecule has 0 unspecified atom stereocenters. The molecule has 0 aromatic heterocycles. The normalized spacial score (nSPS) is 12.8. The first-order chi connectivity index (χ1) is 14.5. The first kappa shape index (κ1) is 28.4. The highest BCUT2D eigenvalue weighted by Gasteiger charge is 2.20. The van der Waals surface area contributed by atoms with Crippen molar-refractivity contribution in [1.29, 1.82) is 0 Å². The summed E-state index contributed by atoms with van der Waals surface area (Å²) in [6.45, 7) is 6.17. The van der Waals surface area contributed by atoms with Crippen molar-refractivity contribution in [2.24, 2.45) is 5.92 Å². The van der Waals surface area contributed by atoms with Crippen LogP contribution in [0.3, 0.4) is 0 Å². The molecule has 0 radical (unpaired) electrons. The van der Waals surface area contributed by atoms with Crippen LogP contribution >= 0.6 is 0 Å². The molecule has 0 saturated heterocycles. The van der Waals surface area contributed by atoms with Gasteiger partial charge in [0.05, 0.1) is 0 Å². The van der Waals surface area contributed by atoms with Crippen molar-refractivity contribution >= 4 is 11.9 Å². The lowest BCUT2D eigenvalue weighted by atomic mass is 10.0. The Morgan fingerprint density at radius 3 is 1.87 bits per heavy atom. The van der Waals surface area contributed by atoms with Crippen LogP contribution in [0.15, 0.2) is 24.3 Å². The molecule has 0 rings (SSSR count). The van der Waals surface area contributed by atoms with Crippen LogP contribution in [0.4, 0.5) is 0 Å². The van der Waals surface area contributed by atoms with Crippen molar-refractivity contribution in [3.63, 3.8) is 0 Å². The van der Waals surface area contributed by atoms with Crippen LogP contribution in [0.5, 0.6) is 0 Å². The molecule has 4 nitrogen and oxygen atoms in total. The minimum absolute atomic E-state index is 0.134. The summed E-state index contributed by atoms with van der Waals surface area (Å²) >= 11 is 0. The van der Waals surface area contributed by atoms with E-state index in [0.717, 1.165) is 25.7 Å². The number of nitrogens with one attached hydrogen (secondary N) is 1. The Balaban J connectivity index is 3.50. The van der Waals surface area contributed by atoms with Gasteiger partial charge in [0.15, 0.2) is 0 Å². The molecule has 0 heterocycles. The van der Waals surface area contributed by atoms with Gasteiger partial charge in [-0.15, -0.1) is 0 Å². The zero-order valence-electron chi connectivity index (χ0n) is 19.8. The summed E-state index contributed by atoms with van der Waals surface area (Å²) < 4.78 is 0. The maximum Gasteiger partial charge on any atom is 0.326 e. The Bertz CT molecular complexity index is 483. The van der Waals surface area contributed by atoms with Gasteiger partial charge >= 0.3 is 5.97 Å². The van der Waals surface area contributed by atoms with Gasteiger partial charge < -0.3 is 10.4 Å². The molecule has 0 aliphatic rings. The van der Waals surface area contributed by atoms with Crippen molar-refractivity contribution in [3.8, 4) is 0 Å². The van der Waals surface area contributed by atoms with Crippen LogP contribution in [0.25, 0.3) is 0 Å². The van der Waals surface area contributed by atoms with Gasteiger partial charge in [-0.1, -0.05) is 90.0 Å². The molecule has 0 spiro atoms. The summed E-state index contributed by atoms with van der Waals surface area (Å²) in [7, 11) is 0. The lowest BCUT2D eigenvalue weighted by molar-refractivity contribution is -0.142. The van der Waals surface area contributed by atoms with E-state index in [1.165, 1.54) is 57.8 Å². The Kier molecular flexibility index (Phi) is 19.6. The van der Waals surface area contributed by atoms with Gasteiger partial charge in [0.2, 0.25) is 5.91 Å². The molecule has 0 aromatic carbocycles. The van der Waals surface area contributed by atoms with Gasteiger partial charge in [-0.05, 0) is 50.9 Å². The molecule has 0 aliphatic carbocycles. The summed E-state index contributed by atoms with van der Waals surface area (Å²) in [6.07, 6.45) is 25.5. The lowest BCUT2D eigenvalue weighted by Gasteiger charge is -2.16. The minimum atomic E-state index is -0.939. The van der Waals surface area contributed by atoms with Crippen molar-refractivity contribution in [2.45, 2.75) is 123 Å². The molecular formula is C26H47NO3. The standard InChI is InChI=1S/C26H47NO3/c1-4-5-6-7-8-9-10-11-12-13-14-15-16-17-18-19-20-21-25(28)27-24(26(29)30)22-23(2)3/h8-9,11-12,23-24H,4-7,10,13-22H2,1-3H3,(H,27,28)(H,29,30)/b9-8-,12-11-/t24-/m0/s1. The third-order valence-corrected chi connectivity index (χ3v) is 5.19. The Hall–Kier alpha value is -1.58. The highest BCUT2D eigenvalue weighted by molar-refractivity contribution is 5.83. The van der Waals surface area contributed by atoms with Crippen LogP contribution in [0.1, 0.15) is 117 Å². The van der Waals surface area contributed by atoms with E-state index in [1.807, 2.05) is 13.8 Å². The third kappa shape index (κ3) is 19.7. The Labute approximate surface area is 185 Å². The van der Waals surface area contributed by atoms with E-state index < -0.39 is 12.0 Å². The summed E-state index contributed by atoms with van der Waals surface area (Å²) in [5.41, 5.74) is 0. The molecule has 30 heavy (non-hydrogen) atoms. The number of carboxylic acid groups (broad SMARTS) is 1. The largest absolute Gasteiger partial charge is 0.480 e. The molecule has 4 heteroatoms. The van der Waals surface area contributed by atoms with Gasteiger partial charge in [-0.25, -0.2) is 4.79 Å². The van der Waals surface area contributed by atoms with Crippen LogP contribution < -0.4 is 5.32 Å². The molecular weight excluding hydrogens is 374 g/mol. The van der Waals surface area contributed by atoms with E-state index in [-0.39, 0.29) is 11.8 Å². The van der Waals surface area contributed by atoms with Gasteiger partial charge in [-0.2, -0.15) is 0 Å². The number of hydrogen-bond donors (Lipinski definition) is 2. The maximum absolute atomic E-state index is 11.9. The quantitative estimate of drug-likeness (QED) is 0.161. The molecule has 174 valence electrons. The maximum atomic E-state index is 11.9. The van der Waals surface area contributed by atoms with Crippen molar-refractivity contribution in [2.75, 3.05) is 0 Å². The Morgan fingerprint density at radius 2 is 1.33 bits per heavy atom. The highest BCUT2D eigenvalue weighted by Crippen LogP contribution is 2.11. The number of carbonyl (C=O) groups excluding carboxylic acids is 1. The van der Waals surface area contributed by atoms with Gasteiger partial charge in [0, 0.05) is 6.42 Å². The number of hydrogen-bond acceptors (Lipinski definition) is 2. The van der Waals surface area contributed by atoms with Gasteiger partial charge in [0.1, 0.15) is 6.04 Å². The number of carbonyl (C=O) groups is 2. The van der Waals surface area contributed by atoms with Crippen LogP contribution in [-0.4, -0.2) is 23.0 Å². The number of unbranched alkanes of at least 4 members (excludes halogenated alkanes) is 10. The van der Waals surface area contributed by atoms with Crippen molar-refractivity contribution in [1.82, 2.24) is 5.32 Å². The summed E-state index contributed by atoms with van der Waals surface area (Å²) in [5, 5.41) is 11.8.